The van der Waals surface area contributed by atoms with Crippen LogP contribution in [-0.4, -0.2) is 67.7 Å². The Morgan fingerprint density at radius 3 is 2.32 bits per heavy atom. The Morgan fingerprint density at radius 1 is 0.909 bits per heavy atom. The molecule has 1 aromatic rings. The van der Waals surface area contributed by atoms with Gasteiger partial charge in [-0.05, 0) is 12.1 Å². The molecule has 0 aromatic heterocycles. The van der Waals surface area contributed by atoms with Crippen molar-refractivity contribution in [3.8, 4) is 0 Å². The van der Waals surface area contributed by atoms with Crippen LogP contribution < -0.4 is 4.90 Å². The predicted octanol–water partition coefficient (Wildman–Crippen LogP) is 1.18. The number of rotatable bonds is 1. The summed E-state index contributed by atoms with van der Waals surface area (Å²) in [6, 6.07) is 9.65. The molecule has 0 unspecified atom stereocenters. The van der Waals surface area contributed by atoms with Gasteiger partial charge in [0, 0.05) is 44.8 Å². The molecular weight excluding hydrogens is 282 g/mol. The summed E-state index contributed by atoms with van der Waals surface area (Å²) in [5.41, 5.74) is 0.896. The van der Waals surface area contributed by atoms with Crippen LogP contribution in [0.2, 0.25) is 0 Å². The highest BCUT2D eigenvalue weighted by molar-refractivity contribution is 5.94. The van der Waals surface area contributed by atoms with Crippen LogP contribution in [0.4, 0.5) is 10.5 Å². The molecule has 3 amide bonds. The summed E-state index contributed by atoms with van der Waals surface area (Å²) in [7, 11) is 0. The van der Waals surface area contributed by atoms with E-state index in [1.54, 1.807) is 9.80 Å². The zero-order valence-corrected chi connectivity index (χ0v) is 12.6. The van der Waals surface area contributed by atoms with Crippen molar-refractivity contribution in [3.05, 3.63) is 30.3 Å². The average Bonchev–Trinajstić information content (AvgIpc) is 2.78. The molecule has 118 valence electrons. The number of carbonyl (C=O) groups excluding carboxylic acids is 2. The minimum absolute atomic E-state index is 0.0195. The molecule has 2 saturated heterocycles. The summed E-state index contributed by atoms with van der Waals surface area (Å²) in [5.74, 6) is 0.0727. The molecule has 3 rings (SSSR count). The molecule has 22 heavy (non-hydrogen) atoms. The van der Waals surface area contributed by atoms with Crippen molar-refractivity contribution in [2.75, 3.05) is 50.8 Å². The van der Waals surface area contributed by atoms with Crippen LogP contribution in [0.1, 0.15) is 6.42 Å². The van der Waals surface area contributed by atoms with E-state index < -0.39 is 0 Å². The van der Waals surface area contributed by atoms with Gasteiger partial charge in [0.15, 0.2) is 0 Å². The van der Waals surface area contributed by atoms with Gasteiger partial charge in [0.05, 0.1) is 13.2 Å². The summed E-state index contributed by atoms with van der Waals surface area (Å²) in [5, 5.41) is 0. The Kier molecular flexibility index (Phi) is 4.58. The maximum Gasteiger partial charge on any atom is 0.320 e. The number of benzene rings is 1. The van der Waals surface area contributed by atoms with Gasteiger partial charge in [-0.2, -0.15) is 0 Å². The van der Waals surface area contributed by atoms with E-state index in [0.717, 1.165) is 5.69 Å². The Labute approximate surface area is 130 Å². The van der Waals surface area contributed by atoms with E-state index >= 15 is 0 Å². The van der Waals surface area contributed by atoms with Gasteiger partial charge in [0.1, 0.15) is 0 Å². The molecule has 2 aliphatic rings. The minimum atomic E-state index is 0.0195. The number of anilines is 1. The van der Waals surface area contributed by atoms with Crippen molar-refractivity contribution in [2.24, 2.45) is 0 Å². The third-order valence-electron chi connectivity index (χ3n) is 4.11. The number of ether oxygens (including phenoxy) is 1. The molecule has 0 aliphatic carbocycles. The molecule has 0 spiro atoms. The maximum absolute atomic E-state index is 12.5. The van der Waals surface area contributed by atoms with Gasteiger partial charge in [0.25, 0.3) is 0 Å². The van der Waals surface area contributed by atoms with Gasteiger partial charge in [-0.15, -0.1) is 0 Å². The average molecular weight is 303 g/mol. The Balaban J connectivity index is 1.66. The number of urea groups is 1. The fraction of sp³-hybridized carbons (Fsp3) is 0.500. The van der Waals surface area contributed by atoms with Gasteiger partial charge in [0.2, 0.25) is 5.91 Å². The largest absolute Gasteiger partial charge is 0.378 e. The van der Waals surface area contributed by atoms with E-state index in [9.17, 15) is 9.59 Å². The molecule has 6 heteroatoms. The Bertz CT molecular complexity index is 529. The molecule has 0 radical (unpaired) electrons. The van der Waals surface area contributed by atoms with Crippen LogP contribution in [0.3, 0.4) is 0 Å². The van der Waals surface area contributed by atoms with E-state index in [2.05, 4.69) is 0 Å². The van der Waals surface area contributed by atoms with Gasteiger partial charge in [-0.3, -0.25) is 4.79 Å². The molecule has 0 saturated carbocycles. The molecule has 0 bridgehead atoms. The summed E-state index contributed by atoms with van der Waals surface area (Å²) in [6.45, 7) is 4.04. The van der Waals surface area contributed by atoms with Crippen molar-refractivity contribution >= 4 is 17.6 Å². The number of para-hydroxylation sites is 1. The number of morpholine rings is 1. The fourth-order valence-electron chi connectivity index (χ4n) is 2.85. The van der Waals surface area contributed by atoms with Crippen LogP contribution in [0.25, 0.3) is 0 Å². The second-order valence-electron chi connectivity index (χ2n) is 5.50. The third-order valence-corrected chi connectivity index (χ3v) is 4.11. The van der Waals surface area contributed by atoms with Crippen molar-refractivity contribution in [1.82, 2.24) is 9.80 Å². The first-order chi connectivity index (χ1) is 10.8. The zero-order valence-electron chi connectivity index (χ0n) is 12.6. The number of carbonyl (C=O) groups is 2. The van der Waals surface area contributed by atoms with Crippen LogP contribution in [0, 0.1) is 0 Å². The lowest BCUT2D eigenvalue weighted by Crippen LogP contribution is -2.49. The molecular formula is C16H21N3O3. The lowest BCUT2D eigenvalue weighted by atomic mass is 10.2. The number of hydrogen-bond acceptors (Lipinski definition) is 3. The Morgan fingerprint density at radius 2 is 1.59 bits per heavy atom. The van der Waals surface area contributed by atoms with Gasteiger partial charge in [-0.1, -0.05) is 18.2 Å². The molecule has 1 aromatic carbocycles. The lowest BCUT2D eigenvalue weighted by Gasteiger charge is -2.32. The van der Waals surface area contributed by atoms with Crippen LogP contribution in [0.15, 0.2) is 30.3 Å². The van der Waals surface area contributed by atoms with Crippen molar-refractivity contribution < 1.29 is 14.3 Å². The number of amides is 3. The standard InChI is InChI=1S/C16H21N3O3/c20-15-6-7-17(16(21)18-10-12-22-13-11-18)8-9-19(15)14-4-2-1-3-5-14/h1-5H,6-13H2. The number of hydrogen-bond donors (Lipinski definition) is 0. The first-order valence-corrected chi connectivity index (χ1v) is 7.73. The molecule has 2 aliphatic heterocycles. The molecule has 2 heterocycles. The number of nitrogens with zero attached hydrogens (tertiary/aromatic N) is 3. The van der Waals surface area contributed by atoms with E-state index in [1.807, 2.05) is 35.2 Å². The van der Waals surface area contributed by atoms with Crippen LogP contribution in [0.5, 0.6) is 0 Å². The molecule has 0 atom stereocenters. The highest BCUT2D eigenvalue weighted by atomic mass is 16.5. The highest BCUT2D eigenvalue weighted by Crippen LogP contribution is 2.17. The predicted molar refractivity (Wildman–Crippen MR) is 82.8 cm³/mol. The van der Waals surface area contributed by atoms with Crippen LogP contribution >= 0.6 is 0 Å². The summed E-state index contributed by atoms with van der Waals surface area (Å²) in [6.07, 6.45) is 0.366. The molecule has 0 N–H and O–H groups in total. The zero-order chi connectivity index (χ0) is 15.4. The normalized spacial score (nSPS) is 20.0. The molecule has 6 nitrogen and oxygen atoms in total. The second kappa shape index (κ2) is 6.79. The van der Waals surface area contributed by atoms with Crippen molar-refractivity contribution in [2.45, 2.75) is 6.42 Å². The minimum Gasteiger partial charge on any atom is -0.378 e. The Hall–Kier alpha value is -2.08. The summed E-state index contributed by atoms with van der Waals surface area (Å²) >= 11 is 0. The molecule has 2 fully saturated rings. The first-order valence-electron chi connectivity index (χ1n) is 7.73. The van der Waals surface area contributed by atoms with E-state index in [-0.39, 0.29) is 11.9 Å². The third kappa shape index (κ3) is 3.22. The highest BCUT2D eigenvalue weighted by Gasteiger charge is 2.28. The summed E-state index contributed by atoms with van der Waals surface area (Å²) < 4.78 is 5.28. The SMILES string of the molecule is O=C(N1CCOCC1)N1CCC(=O)N(c2ccccc2)CC1. The quantitative estimate of drug-likeness (QED) is 0.783. The topological polar surface area (TPSA) is 53.1 Å². The van der Waals surface area contributed by atoms with E-state index in [1.165, 1.54) is 0 Å². The van der Waals surface area contributed by atoms with Crippen LogP contribution in [-0.2, 0) is 9.53 Å². The summed E-state index contributed by atoms with van der Waals surface area (Å²) in [4.78, 5) is 30.2. The van der Waals surface area contributed by atoms with Crippen molar-refractivity contribution in [3.63, 3.8) is 0 Å². The smallest absolute Gasteiger partial charge is 0.320 e. The van der Waals surface area contributed by atoms with E-state index in [4.69, 9.17) is 4.74 Å². The fourth-order valence-corrected chi connectivity index (χ4v) is 2.85. The second-order valence-corrected chi connectivity index (χ2v) is 5.50. The van der Waals surface area contributed by atoms with Gasteiger partial charge >= 0.3 is 6.03 Å². The monoisotopic (exact) mass is 303 g/mol. The van der Waals surface area contributed by atoms with Gasteiger partial charge < -0.3 is 19.4 Å². The lowest BCUT2D eigenvalue weighted by molar-refractivity contribution is -0.118. The van der Waals surface area contributed by atoms with Crippen molar-refractivity contribution in [1.29, 1.82) is 0 Å². The maximum atomic E-state index is 12.5. The first kappa shape index (κ1) is 14.8. The van der Waals surface area contributed by atoms with E-state index in [0.29, 0.717) is 52.4 Å². The van der Waals surface area contributed by atoms with Gasteiger partial charge in [-0.25, -0.2) is 4.79 Å².